The second-order valence-electron chi connectivity index (χ2n) is 3.89. The molecule has 0 bridgehead atoms. The van der Waals surface area contributed by atoms with Crippen LogP contribution in [0.25, 0.3) is 11.3 Å². The summed E-state index contributed by atoms with van der Waals surface area (Å²) in [5.41, 5.74) is 3.91. The highest BCUT2D eigenvalue weighted by atomic mass is 35.5. The lowest BCUT2D eigenvalue weighted by Crippen LogP contribution is -1.95. The van der Waals surface area contributed by atoms with Crippen LogP contribution >= 0.6 is 11.6 Å². The van der Waals surface area contributed by atoms with E-state index in [0.29, 0.717) is 5.15 Å². The molecule has 17 heavy (non-hydrogen) atoms. The van der Waals surface area contributed by atoms with Crippen molar-refractivity contribution in [1.82, 2.24) is 9.97 Å². The van der Waals surface area contributed by atoms with E-state index in [4.69, 9.17) is 16.3 Å². The highest BCUT2D eigenvalue weighted by Crippen LogP contribution is 2.33. The molecule has 1 heterocycles. The Morgan fingerprint density at radius 1 is 1.18 bits per heavy atom. The summed E-state index contributed by atoms with van der Waals surface area (Å²) in [7, 11) is 1.65. The summed E-state index contributed by atoms with van der Waals surface area (Å²) in [6, 6.07) is 4.06. The summed E-state index contributed by atoms with van der Waals surface area (Å²) in [6.07, 6.45) is 3.20. The zero-order valence-electron chi connectivity index (χ0n) is 9.99. The Bertz CT molecular complexity index is 555. The molecule has 0 aliphatic heterocycles. The van der Waals surface area contributed by atoms with Crippen molar-refractivity contribution in [2.75, 3.05) is 7.11 Å². The van der Waals surface area contributed by atoms with Crippen molar-refractivity contribution in [2.45, 2.75) is 13.8 Å². The van der Waals surface area contributed by atoms with E-state index < -0.39 is 0 Å². The highest BCUT2D eigenvalue weighted by Gasteiger charge is 2.12. The van der Waals surface area contributed by atoms with E-state index in [0.717, 1.165) is 28.1 Å². The van der Waals surface area contributed by atoms with Gasteiger partial charge in [-0.3, -0.25) is 4.98 Å². The lowest BCUT2D eigenvalue weighted by Gasteiger charge is -2.12. The topological polar surface area (TPSA) is 35.0 Å². The third-order valence-corrected chi connectivity index (χ3v) is 2.71. The average molecular weight is 249 g/mol. The van der Waals surface area contributed by atoms with Crippen LogP contribution in [0.15, 0.2) is 24.5 Å². The first kappa shape index (κ1) is 11.9. The summed E-state index contributed by atoms with van der Waals surface area (Å²) in [6.45, 7) is 4.05. The van der Waals surface area contributed by atoms with Gasteiger partial charge in [-0.15, -0.1) is 0 Å². The van der Waals surface area contributed by atoms with Gasteiger partial charge < -0.3 is 4.74 Å². The van der Waals surface area contributed by atoms with Crippen LogP contribution in [-0.2, 0) is 0 Å². The summed E-state index contributed by atoms with van der Waals surface area (Å²) < 4.78 is 5.39. The van der Waals surface area contributed by atoms with Crippen molar-refractivity contribution < 1.29 is 4.74 Å². The monoisotopic (exact) mass is 248 g/mol. The third kappa shape index (κ3) is 2.39. The predicted octanol–water partition coefficient (Wildman–Crippen LogP) is 3.42. The molecule has 0 unspecified atom stereocenters. The van der Waals surface area contributed by atoms with Gasteiger partial charge in [0, 0.05) is 5.56 Å². The molecular weight excluding hydrogens is 236 g/mol. The minimum atomic E-state index is 0.379. The molecule has 0 amide bonds. The molecule has 4 heteroatoms. The number of rotatable bonds is 2. The molecule has 1 aromatic carbocycles. The van der Waals surface area contributed by atoms with Crippen LogP contribution in [-0.4, -0.2) is 17.1 Å². The fourth-order valence-corrected chi connectivity index (χ4v) is 2.03. The molecule has 2 aromatic rings. The van der Waals surface area contributed by atoms with Crippen LogP contribution in [0.3, 0.4) is 0 Å². The zero-order chi connectivity index (χ0) is 12.4. The fraction of sp³-hybridized carbons (Fsp3) is 0.231. The van der Waals surface area contributed by atoms with Crippen molar-refractivity contribution in [3.63, 3.8) is 0 Å². The first-order chi connectivity index (χ1) is 8.11. The largest absolute Gasteiger partial charge is 0.496 e. The first-order valence-electron chi connectivity index (χ1n) is 5.25. The molecule has 1 aromatic heterocycles. The van der Waals surface area contributed by atoms with Crippen LogP contribution < -0.4 is 4.74 Å². The van der Waals surface area contributed by atoms with E-state index >= 15 is 0 Å². The van der Waals surface area contributed by atoms with Gasteiger partial charge in [-0.05, 0) is 31.0 Å². The van der Waals surface area contributed by atoms with E-state index in [-0.39, 0.29) is 0 Å². The molecule has 0 N–H and O–H groups in total. The summed E-state index contributed by atoms with van der Waals surface area (Å²) in [5.74, 6) is 0.791. The van der Waals surface area contributed by atoms with E-state index in [1.54, 1.807) is 13.3 Å². The molecule has 0 aliphatic carbocycles. The maximum Gasteiger partial charge on any atom is 0.148 e. The van der Waals surface area contributed by atoms with Gasteiger partial charge in [-0.1, -0.05) is 17.7 Å². The van der Waals surface area contributed by atoms with Crippen molar-refractivity contribution in [3.8, 4) is 17.0 Å². The van der Waals surface area contributed by atoms with Crippen molar-refractivity contribution in [1.29, 1.82) is 0 Å². The maximum atomic E-state index is 5.86. The molecule has 0 saturated carbocycles. The summed E-state index contributed by atoms with van der Waals surface area (Å²) in [4.78, 5) is 8.32. The number of methoxy groups -OCH3 is 1. The van der Waals surface area contributed by atoms with E-state index in [2.05, 4.69) is 16.0 Å². The Morgan fingerprint density at radius 3 is 2.59 bits per heavy atom. The number of halogens is 1. The highest BCUT2D eigenvalue weighted by molar-refractivity contribution is 6.29. The fourth-order valence-electron chi connectivity index (χ4n) is 1.88. The smallest absolute Gasteiger partial charge is 0.148 e. The lowest BCUT2D eigenvalue weighted by atomic mass is 10.0. The third-order valence-electron chi connectivity index (χ3n) is 2.52. The molecular formula is C13H13ClN2O. The maximum absolute atomic E-state index is 5.86. The van der Waals surface area contributed by atoms with Gasteiger partial charge in [0.1, 0.15) is 10.9 Å². The SMILES string of the molecule is COc1cc(C)cc(C)c1-c1cncc(Cl)n1. The Kier molecular flexibility index (Phi) is 3.29. The van der Waals surface area contributed by atoms with Gasteiger partial charge >= 0.3 is 0 Å². The van der Waals surface area contributed by atoms with Gasteiger partial charge in [-0.25, -0.2) is 4.98 Å². The minimum absolute atomic E-state index is 0.379. The standard InChI is InChI=1S/C13H13ClN2O/c1-8-4-9(2)13(11(5-8)17-3)10-6-15-7-12(14)16-10/h4-7H,1-3H3. The second-order valence-corrected chi connectivity index (χ2v) is 4.27. The predicted molar refractivity (Wildman–Crippen MR) is 68.5 cm³/mol. The number of benzene rings is 1. The number of aryl methyl sites for hydroxylation is 2. The van der Waals surface area contributed by atoms with E-state index in [1.165, 1.54) is 6.20 Å². The van der Waals surface area contributed by atoms with Crippen LogP contribution in [0.5, 0.6) is 5.75 Å². The number of hydrogen-bond donors (Lipinski definition) is 0. The van der Waals surface area contributed by atoms with Crippen LogP contribution in [0, 0.1) is 13.8 Å². The molecule has 0 atom stereocenters. The molecule has 0 saturated heterocycles. The number of aromatic nitrogens is 2. The molecule has 0 aliphatic rings. The summed E-state index contributed by atoms with van der Waals surface area (Å²) >= 11 is 5.86. The Morgan fingerprint density at radius 2 is 1.94 bits per heavy atom. The molecule has 88 valence electrons. The van der Waals surface area contributed by atoms with Gasteiger partial charge in [-0.2, -0.15) is 0 Å². The van der Waals surface area contributed by atoms with Gasteiger partial charge in [0.2, 0.25) is 0 Å². The molecule has 3 nitrogen and oxygen atoms in total. The van der Waals surface area contributed by atoms with E-state index in [9.17, 15) is 0 Å². The quantitative estimate of drug-likeness (QED) is 0.817. The first-order valence-corrected chi connectivity index (χ1v) is 5.62. The Hall–Kier alpha value is -1.61. The van der Waals surface area contributed by atoms with E-state index in [1.807, 2.05) is 19.9 Å². The number of nitrogens with zero attached hydrogens (tertiary/aromatic N) is 2. The molecule has 0 fully saturated rings. The van der Waals surface area contributed by atoms with Gasteiger partial charge in [0.25, 0.3) is 0 Å². The van der Waals surface area contributed by atoms with Crippen LogP contribution in [0.4, 0.5) is 0 Å². The average Bonchev–Trinajstić information content (AvgIpc) is 2.27. The minimum Gasteiger partial charge on any atom is -0.496 e. The van der Waals surface area contributed by atoms with Crippen LogP contribution in [0.1, 0.15) is 11.1 Å². The molecule has 0 radical (unpaired) electrons. The second kappa shape index (κ2) is 4.72. The van der Waals surface area contributed by atoms with Gasteiger partial charge in [0.05, 0.1) is 25.2 Å². The molecule has 0 spiro atoms. The van der Waals surface area contributed by atoms with Gasteiger partial charge in [0.15, 0.2) is 0 Å². The van der Waals surface area contributed by atoms with Crippen LogP contribution in [0.2, 0.25) is 5.15 Å². The summed E-state index contributed by atoms with van der Waals surface area (Å²) in [5, 5.41) is 0.379. The normalized spacial score (nSPS) is 10.4. The Labute approximate surface area is 105 Å². The van der Waals surface area contributed by atoms with Crippen molar-refractivity contribution in [2.24, 2.45) is 0 Å². The lowest BCUT2D eigenvalue weighted by molar-refractivity contribution is 0.415. The number of ether oxygens (including phenoxy) is 1. The molecule has 2 rings (SSSR count). The van der Waals surface area contributed by atoms with Crippen molar-refractivity contribution in [3.05, 3.63) is 40.8 Å². The number of hydrogen-bond acceptors (Lipinski definition) is 3. The van der Waals surface area contributed by atoms with Crippen molar-refractivity contribution >= 4 is 11.6 Å². The zero-order valence-corrected chi connectivity index (χ0v) is 10.7. The Balaban J connectivity index is 2.66.